The quantitative estimate of drug-likeness (QED) is 0.832. The van der Waals surface area contributed by atoms with Crippen LogP contribution in [0.15, 0.2) is 24.3 Å². The van der Waals surface area contributed by atoms with Gasteiger partial charge in [-0.1, -0.05) is 12.1 Å². The molecule has 1 saturated heterocycles. The summed E-state index contributed by atoms with van der Waals surface area (Å²) in [7, 11) is 1.71. The summed E-state index contributed by atoms with van der Waals surface area (Å²) in [5.41, 5.74) is 1.18. The van der Waals surface area contributed by atoms with E-state index in [1.54, 1.807) is 7.11 Å². The molecule has 0 bridgehead atoms. The lowest BCUT2D eigenvalue weighted by atomic mass is 9.96. The maximum absolute atomic E-state index is 13.0. The molecule has 2 rings (SSSR count). The summed E-state index contributed by atoms with van der Waals surface area (Å²) in [6.45, 7) is 5.16. The van der Waals surface area contributed by atoms with Crippen LogP contribution in [-0.4, -0.2) is 47.8 Å². The molecular weight excluding hydrogens is 302 g/mol. The molecule has 0 saturated carbocycles. The fourth-order valence-corrected chi connectivity index (χ4v) is 3.30. The SMILES string of the molecule is COCCC1CCCCN1C(=O)c1cccc(CCC(C)(C)O)c1. The first-order valence-corrected chi connectivity index (χ1v) is 9.02. The number of nitrogens with zero attached hydrogens (tertiary/aromatic N) is 1. The molecule has 0 spiro atoms. The van der Waals surface area contributed by atoms with E-state index < -0.39 is 5.60 Å². The summed E-state index contributed by atoms with van der Waals surface area (Å²) in [4.78, 5) is 15.0. The number of rotatable bonds is 7. The highest BCUT2D eigenvalue weighted by Crippen LogP contribution is 2.23. The Morgan fingerprint density at radius 2 is 2.17 bits per heavy atom. The Labute approximate surface area is 145 Å². The van der Waals surface area contributed by atoms with Crippen LogP contribution in [-0.2, 0) is 11.2 Å². The van der Waals surface area contributed by atoms with Crippen LogP contribution in [0.1, 0.15) is 61.9 Å². The maximum Gasteiger partial charge on any atom is 0.254 e. The monoisotopic (exact) mass is 333 g/mol. The number of ether oxygens (including phenoxy) is 1. The van der Waals surface area contributed by atoms with Gasteiger partial charge < -0.3 is 14.7 Å². The van der Waals surface area contributed by atoms with Gasteiger partial charge in [-0.25, -0.2) is 0 Å². The number of piperidine rings is 1. The Bertz CT molecular complexity index is 536. The number of hydrogen-bond donors (Lipinski definition) is 1. The van der Waals surface area contributed by atoms with E-state index in [-0.39, 0.29) is 11.9 Å². The van der Waals surface area contributed by atoms with Crippen molar-refractivity contribution in [3.05, 3.63) is 35.4 Å². The minimum atomic E-state index is -0.682. The molecule has 1 aromatic carbocycles. The van der Waals surface area contributed by atoms with Crippen molar-refractivity contribution in [2.75, 3.05) is 20.3 Å². The summed E-state index contributed by atoms with van der Waals surface area (Å²) in [5.74, 6) is 0.126. The summed E-state index contributed by atoms with van der Waals surface area (Å²) in [6, 6.07) is 8.14. The van der Waals surface area contributed by atoms with Gasteiger partial charge in [-0.3, -0.25) is 4.79 Å². The van der Waals surface area contributed by atoms with E-state index in [0.29, 0.717) is 13.0 Å². The number of carbonyl (C=O) groups is 1. The van der Waals surface area contributed by atoms with Gasteiger partial charge in [0.25, 0.3) is 5.91 Å². The molecule has 1 fully saturated rings. The van der Waals surface area contributed by atoms with E-state index in [1.807, 2.05) is 43.0 Å². The lowest BCUT2D eigenvalue weighted by Gasteiger charge is -2.36. The Hall–Kier alpha value is -1.39. The predicted octanol–water partition coefficient (Wildman–Crippen LogP) is 3.42. The highest BCUT2D eigenvalue weighted by Gasteiger charge is 2.27. The molecule has 1 amide bonds. The molecule has 4 nitrogen and oxygen atoms in total. The number of aryl methyl sites for hydroxylation is 1. The number of carbonyl (C=O) groups excluding carboxylic acids is 1. The number of methoxy groups -OCH3 is 1. The predicted molar refractivity (Wildman–Crippen MR) is 96.2 cm³/mol. The van der Waals surface area contributed by atoms with Crippen LogP contribution in [0.2, 0.25) is 0 Å². The highest BCUT2D eigenvalue weighted by molar-refractivity contribution is 5.94. The molecule has 24 heavy (non-hydrogen) atoms. The third-order valence-corrected chi connectivity index (χ3v) is 4.74. The molecule has 1 atom stereocenters. The fraction of sp³-hybridized carbons (Fsp3) is 0.650. The van der Waals surface area contributed by atoms with Gasteiger partial charge in [-0.05, 0) is 70.1 Å². The molecule has 1 aromatic rings. The first kappa shape index (κ1) is 18.9. The summed E-state index contributed by atoms with van der Waals surface area (Å²) >= 11 is 0. The third-order valence-electron chi connectivity index (χ3n) is 4.74. The van der Waals surface area contributed by atoms with E-state index in [1.165, 1.54) is 6.42 Å². The molecule has 1 N–H and O–H groups in total. The molecule has 0 radical (unpaired) electrons. The van der Waals surface area contributed by atoms with Crippen molar-refractivity contribution in [3.8, 4) is 0 Å². The molecule has 1 unspecified atom stereocenters. The molecule has 1 aliphatic heterocycles. The molecule has 4 heteroatoms. The molecule has 1 aliphatic rings. The Morgan fingerprint density at radius 3 is 2.88 bits per heavy atom. The van der Waals surface area contributed by atoms with Crippen LogP contribution in [0.4, 0.5) is 0 Å². The standard InChI is InChI=1S/C20H31NO3/c1-20(2,23)12-10-16-7-6-8-17(15-16)19(22)21-13-5-4-9-18(21)11-14-24-3/h6-8,15,18,23H,4-5,9-14H2,1-3H3. The Kier molecular flexibility index (Phi) is 6.81. The first-order valence-electron chi connectivity index (χ1n) is 9.02. The van der Waals surface area contributed by atoms with Gasteiger partial charge in [-0.2, -0.15) is 0 Å². The normalized spacial score (nSPS) is 18.7. The molecule has 1 heterocycles. The average molecular weight is 333 g/mol. The van der Waals surface area contributed by atoms with Gasteiger partial charge >= 0.3 is 0 Å². The van der Waals surface area contributed by atoms with Crippen molar-refractivity contribution in [3.63, 3.8) is 0 Å². The summed E-state index contributed by atoms with van der Waals surface area (Å²) in [6.07, 6.45) is 5.69. The van der Waals surface area contributed by atoms with Crippen LogP contribution in [0, 0.1) is 0 Å². The number of hydrogen-bond acceptors (Lipinski definition) is 3. The van der Waals surface area contributed by atoms with E-state index in [2.05, 4.69) is 0 Å². The van der Waals surface area contributed by atoms with Gasteiger partial charge in [0.15, 0.2) is 0 Å². The lowest BCUT2D eigenvalue weighted by molar-refractivity contribution is 0.0553. The molecule has 0 aliphatic carbocycles. The second kappa shape index (κ2) is 8.63. The first-order chi connectivity index (χ1) is 11.4. The van der Waals surface area contributed by atoms with Gasteiger partial charge in [0.2, 0.25) is 0 Å². The molecule has 0 aromatic heterocycles. The van der Waals surface area contributed by atoms with Crippen molar-refractivity contribution in [1.82, 2.24) is 4.90 Å². The topological polar surface area (TPSA) is 49.8 Å². The second-order valence-corrected chi connectivity index (χ2v) is 7.44. The Balaban J connectivity index is 2.07. The largest absolute Gasteiger partial charge is 0.390 e. The van der Waals surface area contributed by atoms with Crippen LogP contribution < -0.4 is 0 Å². The summed E-state index contributed by atoms with van der Waals surface area (Å²) in [5, 5.41) is 9.89. The maximum atomic E-state index is 13.0. The van der Waals surface area contributed by atoms with Crippen molar-refractivity contribution in [2.24, 2.45) is 0 Å². The van der Waals surface area contributed by atoms with Crippen LogP contribution in [0.3, 0.4) is 0 Å². The van der Waals surface area contributed by atoms with Crippen LogP contribution in [0.5, 0.6) is 0 Å². The number of benzene rings is 1. The zero-order valence-electron chi connectivity index (χ0n) is 15.3. The van der Waals surface area contributed by atoms with Gasteiger partial charge in [-0.15, -0.1) is 0 Å². The molecule has 134 valence electrons. The van der Waals surface area contributed by atoms with Gasteiger partial charge in [0, 0.05) is 31.9 Å². The van der Waals surface area contributed by atoms with E-state index in [4.69, 9.17) is 4.74 Å². The minimum absolute atomic E-state index is 0.126. The van der Waals surface area contributed by atoms with E-state index in [9.17, 15) is 9.90 Å². The smallest absolute Gasteiger partial charge is 0.254 e. The third kappa shape index (κ3) is 5.60. The molecular formula is C20H31NO3. The zero-order chi connectivity index (χ0) is 17.6. The second-order valence-electron chi connectivity index (χ2n) is 7.44. The fourth-order valence-electron chi connectivity index (χ4n) is 3.30. The van der Waals surface area contributed by atoms with Gasteiger partial charge in [0.1, 0.15) is 0 Å². The number of amides is 1. The highest BCUT2D eigenvalue weighted by atomic mass is 16.5. The van der Waals surface area contributed by atoms with Crippen molar-refractivity contribution in [2.45, 2.75) is 64.0 Å². The van der Waals surface area contributed by atoms with E-state index in [0.717, 1.165) is 43.4 Å². The van der Waals surface area contributed by atoms with Gasteiger partial charge in [0.05, 0.1) is 5.60 Å². The van der Waals surface area contributed by atoms with Crippen molar-refractivity contribution >= 4 is 5.91 Å². The zero-order valence-corrected chi connectivity index (χ0v) is 15.3. The van der Waals surface area contributed by atoms with Crippen molar-refractivity contribution < 1.29 is 14.6 Å². The number of likely N-dealkylation sites (tertiary alicyclic amines) is 1. The Morgan fingerprint density at radius 1 is 1.38 bits per heavy atom. The van der Waals surface area contributed by atoms with Crippen molar-refractivity contribution in [1.29, 1.82) is 0 Å². The lowest BCUT2D eigenvalue weighted by Crippen LogP contribution is -2.44. The average Bonchev–Trinajstić information content (AvgIpc) is 2.57. The summed E-state index contributed by atoms with van der Waals surface area (Å²) < 4.78 is 5.20. The van der Waals surface area contributed by atoms with E-state index >= 15 is 0 Å². The minimum Gasteiger partial charge on any atom is -0.390 e. The number of aliphatic hydroxyl groups is 1. The van der Waals surface area contributed by atoms with Crippen LogP contribution >= 0.6 is 0 Å². The van der Waals surface area contributed by atoms with Crippen LogP contribution in [0.25, 0.3) is 0 Å².